The molecule has 0 saturated heterocycles. The van der Waals surface area contributed by atoms with Gasteiger partial charge >= 0.3 is 0 Å². The van der Waals surface area contributed by atoms with Crippen molar-refractivity contribution in [3.63, 3.8) is 0 Å². The molecule has 2 nitrogen and oxygen atoms in total. The Bertz CT molecular complexity index is 555. The van der Waals surface area contributed by atoms with Gasteiger partial charge in [0.05, 0.1) is 6.04 Å². The molecule has 0 saturated carbocycles. The second kappa shape index (κ2) is 5.32. The highest BCUT2D eigenvalue weighted by atomic mass is 16.1. The van der Waals surface area contributed by atoms with E-state index in [0.717, 1.165) is 6.42 Å². The predicted octanol–water partition coefficient (Wildman–Crippen LogP) is 2.90. The van der Waals surface area contributed by atoms with E-state index in [9.17, 15) is 4.79 Å². The van der Waals surface area contributed by atoms with E-state index in [-0.39, 0.29) is 11.8 Å². The number of likely N-dealkylation sites (N-methyl/N-ethyl adjacent to an activating group) is 1. The topological polar surface area (TPSA) is 20.3 Å². The van der Waals surface area contributed by atoms with E-state index in [1.54, 1.807) is 6.92 Å². The molecule has 2 rings (SSSR count). The smallest absolute Gasteiger partial charge is 0.147 e. The molecule has 2 aromatic carbocycles. The van der Waals surface area contributed by atoms with E-state index >= 15 is 0 Å². The molecule has 0 fully saturated rings. The van der Waals surface area contributed by atoms with Crippen molar-refractivity contribution in [2.24, 2.45) is 0 Å². The Kier molecular flexibility index (Phi) is 3.78. The summed E-state index contributed by atoms with van der Waals surface area (Å²) in [5.41, 5.74) is 1.24. The number of rotatable bonds is 4. The van der Waals surface area contributed by atoms with Crippen molar-refractivity contribution in [3.05, 3.63) is 48.0 Å². The number of hydrogen-bond donors (Lipinski definition) is 0. The standard InChI is InChI=1S/C16H19NO/c1-12(18)16(17(2)3)11-14-9-6-8-13-7-4-5-10-15(13)14/h4-10,16H,11H2,1-3H3. The van der Waals surface area contributed by atoms with Gasteiger partial charge < -0.3 is 0 Å². The van der Waals surface area contributed by atoms with Crippen molar-refractivity contribution in [1.82, 2.24) is 4.90 Å². The minimum atomic E-state index is -0.0455. The third-order valence-corrected chi connectivity index (χ3v) is 3.39. The van der Waals surface area contributed by atoms with Crippen molar-refractivity contribution in [1.29, 1.82) is 0 Å². The van der Waals surface area contributed by atoms with Crippen LogP contribution in [0.25, 0.3) is 10.8 Å². The molecule has 0 heterocycles. The molecule has 18 heavy (non-hydrogen) atoms. The lowest BCUT2D eigenvalue weighted by molar-refractivity contribution is -0.121. The first-order valence-electron chi connectivity index (χ1n) is 6.23. The Hall–Kier alpha value is -1.67. The Balaban J connectivity index is 2.39. The SMILES string of the molecule is CC(=O)C(Cc1cccc2ccccc12)N(C)C. The number of ketones is 1. The zero-order valence-electron chi connectivity index (χ0n) is 11.2. The van der Waals surface area contributed by atoms with Crippen LogP contribution in [0.4, 0.5) is 0 Å². The van der Waals surface area contributed by atoms with Crippen molar-refractivity contribution in [2.45, 2.75) is 19.4 Å². The molecule has 1 atom stereocenters. The van der Waals surface area contributed by atoms with Crippen LogP contribution in [-0.4, -0.2) is 30.8 Å². The lowest BCUT2D eigenvalue weighted by Gasteiger charge is -2.22. The van der Waals surface area contributed by atoms with Crippen LogP contribution in [0, 0.1) is 0 Å². The van der Waals surface area contributed by atoms with Gasteiger partial charge in [0.2, 0.25) is 0 Å². The molecule has 0 bridgehead atoms. The molecule has 0 amide bonds. The quantitative estimate of drug-likeness (QED) is 0.820. The molecule has 0 aliphatic carbocycles. The van der Waals surface area contributed by atoms with Gasteiger partial charge in [-0.25, -0.2) is 0 Å². The first-order chi connectivity index (χ1) is 8.59. The van der Waals surface area contributed by atoms with E-state index in [1.807, 2.05) is 31.1 Å². The van der Waals surface area contributed by atoms with E-state index < -0.39 is 0 Å². The molecule has 0 spiro atoms. The molecule has 1 unspecified atom stereocenters. The highest BCUT2D eigenvalue weighted by molar-refractivity contribution is 5.87. The van der Waals surface area contributed by atoms with Gasteiger partial charge in [-0.3, -0.25) is 9.69 Å². The summed E-state index contributed by atoms with van der Waals surface area (Å²) in [5, 5.41) is 2.48. The average Bonchev–Trinajstić information content (AvgIpc) is 2.35. The van der Waals surface area contributed by atoms with Crippen molar-refractivity contribution < 1.29 is 4.79 Å². The fourth-order valence-electron chi connectivity index (χ4n) is 2.37. The fraction of sp³-hybridized carbons (Fsp3) is 0.312. The Morgan fingerprint density at radius 2 is 1.78 bits per heavy atom. The van der Waals surface area contributed by atoms with Gasteiger partial charge in [0.15, 0.2) is 0 Å². The summed E-state index contributed by atoms with van der Waals surface area (Å²) in [5.74, 6) is 0.216. The largest absolute Gasteiger partial charge is 0.299 e. The summed E-state index contributed by atoms with van der Waals surface area (Å²) in [6.07, 6.45) is 0.768. The maximum absolute atomic E-state index is 11.7. The molecule has 0 aromatic heterocycles. The summed E-state index contributed by atoms with van der Waals surface area (Å²) < 4.78 is 0. The van der Waals surface area contributed by atoms with Gasteiger partial charge in [-0.1, -0.05) is 42.5 Å². The van der Waals surface area contributed by atoms with Crippen LogP contribution in [0.3, 0.4) is 0 Å². The van der Waals surface area contributed by atoms with E-state index in [2.05, 4.69) is 30.3 Å². The van der Waals surface area contributed by atoms with Crippen LogP contribution in [-0.2, 0) is 11.2 Å². The molecule has 0 aliphatic rings. The molecular formula is C16H19NO. The van der Waals surface area contributed by atoms with Gasteiger partial charge in [0.25, 0.3) is 0 Å². The Morgan fingerprint density at radius 1 is 1.11 bits per heavy atom. The number of benzene rings is 2. The minimum absolute atomic E-state index is 0.0455. The van der Waals surface area contributed by atoms with E-state index in [0.29, 0.717) is 0 Å². The fourth-order valence-corrected chi connectivity index (χ4v) is 2.37. The molecular weight excluding hydrogens is 222 g/mol. The summed E-state index contributed by atoms with van der Waals surface area (Å²) in [4.78, 5) is 13.7. The second-order valence-corrected chi connectivity index (χ2v) is 4.93. The number of Topliss-reactive ketones (excluding diaryl/α,β-unsaturated/α-hetero) is 1. The van der Waals surface area contributed by atoms with Crippen molar-refractivity contribution in [3.8, 4) is 0 Å². The molecule has 0 radical (unpaired) electrons. The number of fused-ring (bicyclic) bond motifs is 1. The summed E-state index contributed by atoms with van der Waals surface area (Å²) in [6.45, 7) is 1.66. The molecule has 0 aliphatic heterocycles. The zero-order valence-corrected chi connectivity index (χ0v) is 11.2. The average molecular weight is 241 g/mol. The van der Waals surface area contributed by atoms with Crippen LogP contribution in [0.2, 0.25) is 0 Å². The van der Waals surface area contributed by atoms with Gasteiger partial charge in [-0.15, -0.1) is 0 Å². The van der Waals surface area contributed by atoms with E-state index in [1.165, 1.54) is 16.3 Å². The maximum atomic E-state index is 11.7. The van der Waals surface area contributed by atoms with Crippen molar-refractivity contribution >= 4 is 16.6 Å². The lowest BCUT2D eigenvalue weighted by Crippen LogP contribution is -2.36. The van der Waals surface area contributed by atoms with Crippen LogP contribution >= 0.6 is 0 Å². The summed E-state index contributed by atoms with van der Waals surface area (Å²) >= 11 is 0. The van der Waals surface area contributed by atoms with Gasteiger partial charge in [-0.05, 0) is 43.8 Å². The normalized spacial score (nSPS) is 12.9. The van der Waals surface area contributed by atoms with Gasteiger partial charge in [0, 0.05) is 0 Å². The van der Waals surface area contributed by atoms with Gasteiger partial charge in [0.1, 0.15) is 5.78 Å². The minimum Gasteiger partial charge on any atom is -0.299 e. The van der Waals surface area contributed by atoms with Gasteiger partial charge in [-0.2, -0.15) is 0 Å². The first-order valence-corrected chi connectivity index (χ1v) is 6.23. The lowest BCUT2D eigenvalue weighted by atomic mass is 9.97. The number of nitrogens with zero attached hydrogens (tertiary/aromatic N) is 1. The summed E-state index contributed by atoms with van der Waals surface area (Å²) in [7, 11) is 3.91. The van der Waals surface area contributed by atoms with Crippen LogP contribution < -0.4 is 0 Å². The Labute approximate surface area is 108 Å². The molecule has 2 aromatic rings. The van der Waals surface area contributed by atoms with Crippen LogP contribution in [0.15, 0.2) is 42.5 Å². The van der Waals surface area contributed by atoms with Crippen LogP contribution in [0.1, 0.15) is 12.5 Å². The zero-order chi connectivity index (χ0) is 13.1. The Morgan fingerprint density at radius 3 is 2.44 bits per heavy atom. The maximum Gasteiger partial charge on any atom is 0.147 e. The number of carbonyl (C=O) groups is 1. The molecule has 94 valence electrons. The summed E-state index contributed by atoms with van der Waals surface area (Å²) in [6, 6.07) is 14.6. The highest BCUT2D eigenvalue weighted by Crippen LogP contribution is 2.20. The predicted molar refractivity (Wildman–Crippen MR) is 75.8 cm³/mol. The van der Waals surface area contributed by atoms with Crippen LogP contribution in [0.5, 0.6) is 0 Å². The monoisotopic (exact) mass is 241 g/mol. The number of hydrogen-bond acceptors (Lipinski definition) is 2. The third kappa shape index (κ3) is 2.59. The van der Waals surface area contributed by atoms with E-state index in [4.69, 9.17) is 0 Å². The number of carbonyl (C=O) groups excluding carboxylic acids is 1. The third-order valence-electron chi connectivity index (χ3n) is 3.39. The second-order valence-electron chi connectivity index (χ2n) is 4.93. The first kappa shape index (κ1) is 12.8. The highest BCUT2D eigenvalue weighted by Gasteiger charge is 2.17. The van der Waals surface area contributed by atoms with Crippen molar-refractivity contribution in [2.75, 3.05) is 14.1 Å². The molecule has 0 N–H and O–H groups in total. The molecule has 2 heteroatoms.